The van der Waals surface area contributed by atoms with E-state index in [1.54, 1.807) is 0 Å². The number of benzene rings is 5. The van der Waals surface area contributed by atoms with Crippen LogP contribution in [0.4, 0.5) is 0 Å². The highest BCUT2D eigenvalue weighted by molar-refractivity contribution is 6.25. The standard InChI is InChI=1S/C49H36N2/c1-49(2)41-15-6-5-12-33(41)38-26-39-40(27-42(38)49)48(37-23-20-31-18-17-29-10-9-11-30-19-22-36(37)47(31)45(29)30)35-14-4-3-13-34(35)46(39)32-21-24-44(51-28-32)43-16-7-8-25-50-43/h3-4,6-9,11,13-17,19-28H,5,10,12,18H2,1-2H3. The Kier molecular flexibility index (Phi) is 6.00. The van der Waals surface area contributed by atoms with E-state index in [2.05, 4.69) is 128 Å². The van der Waals surface area contributed by atoms with Crippen LogP contribution in [0.2, 0.25) is 0 Å². The molecule has 0 aliphatic heterocycles. The minimum Gasteiger partial charge on any atom is -0.255 e. The van der Waals surface area contributed by atoms with Crippen molar-refractivity contribution in [3.8, 4) is 33.6 Å². The highest BCUT2D eigenvalue weighted by Crippen LogP contribution is 2.54. The van der Waals surface area contributed by atoms with Gasteiger partial charge in [0.05, 0.1) is 11.4 Å². The largest absolute Gasteiger partial charge is 0.255 e. The Hall–Kier alpha value is -5.86. The zero-order valence-corrected chi connectivity index (χ0v) is 28.9. The molecular formula is C49H36N2. The Labute approximate surface area is 298 Å². The fourth-order valence-corrected chi connectivity index (χ4v) is 9.71. The minimum absolute atomic E-state index is 0.0669. The van der Waals surface area contributed by atoms with Crippen molar-refractivity contribution in [3.05, 3.63) is 161 Å². The number of hydrogen-bond acceptors (Lipinski definition) is 2. The molecule has 2 heteroatoms. The zero-order chi connectivity index (χ0) is 33.8. The van der Waals surface area contributed by atoms with Gasteiger partial charge in [-0.05, 0) is 150 Å². The van der Waals surface area contributed by atoms with Crippen molar-refractivity contribution in [2.75, 3.05) is 0 Å². The van der Waals surface area contributed by atoms with E-state index in [0.29, 0.717) is 0 Å². The fourth-order valence-electron chi connectivity index (χ4n) is 9.71. The van der Waals surface area contributed by atoms with Crippen LogP contribution in [-0.4, -0.2) is 9.97 Å². The van der Waals surface area contributed by atoms with Crippen LogP contribution in [0.15, 0.2) is 133 Å². The topological polar surface area (TPSA) is 25.8 Å². The quantitative estimate of drug-likeness (QED) is 0.178. The Morgan fingerprint density at radius 1 is 0.627 bits per heavy atom. The Morgan fingerprint density at radius 2 is 1.47 bits per heavy atom. The number of aromatic nitrogens is 2. The second-order valence-electron chi connectivity index (χ2n) is 15.1. The van der Waals surface area contributed by atoms with Crippen LogP contribution < -0.4 is 0 Å². The van der Waals surface area contributed by atoms with Crippen molar-refractivity contribution in [2.24, 2.45) is 0 Å². The number of fused-ring (bicyclic) bond motifs is 4. The number of pyridine rings is 2. The first-order valence-corrected chi connectivity index (χ1v) is 18.3. The summed E-state index contributed by atoms with van der Waals surface area (Å²) in [5.74, 6) is 0. The minimum atomic E-state index is -0.0669. The van der Waals surface area contributed by atoms with E-state index in [9.17, 15) is 0 Å². The maximum Gasteiger partial charge on any atom is 0.0886 e. The molecule has 0 spiro atoms. The molecular weight excluding hydrogens is 617 g/mol. The van der Waals surface area contributed by atoms with Crippen LogP contribution in [0.3, 0.4) is 0 Å². The average molecular weight is 653 g/mol. The fraction of sp³-hybridized carbons (Fsp3) is 0.143. The molecule has 0 fully saturated rings. The van der Waals surface area contributed by atoms with Crippen molar-refractivity contribution < 1.29 is 0 Å². The van der Waals surface area contributed by atoms with Crippen LogP contribution >= 0.6 is 0 Å². The molecule has 0 radical (unpaired) electrons. The van der Waals surface area contributed by atoms with Crippen LogP contribution in [0.5, 0.6) is 0 Å². The third-order valence-corrected chi connectivity index (χ3v) is 12.1. The third kappa shape index (κ3) is 4.05. The number of allylic oxidation sites excluding steroid dienone is 7. The Bertz CT molecular complexity index is 2790. The third-order valence-electron chi connectivity index (χ3n) is 12.1. The first-order chi connectivity index (χ1) is 25.1. The SMILES string of the molecule is CC1(C)C2=C(CCC=C2)c2cc3c(-c4ccc(-c5ccccn5)nc4)c4ccccc4c(-c4ccc5c6c7c(ccc46)C=CCC7=CC5)c3cc21. The normalized spacial score (nSPS) is 16.5. The van der Waals surface area contributed by atoms with Gasteiger partial charge in [0.1, 0.15) is 0 Å². The lowest BCUT2D eigenvalue weighted by molar-refractivity contribution is 0.652. The van der Waals surface area contributed by atoms with Crippen LogP contribution in [0.25, 0.3) is 83.2 Å². The molecule has 2 heterocycles. The summed E-state index contributed by atoms with van der Waals surface area (Å²) in [7, 11) is 0. The predicted octanol–water partition coefficient (Wildman–Crippen LogP) is 12.7. The molecule has 5 aromatic carbocycles. The molecule has 0 amide bonds. The van der Waals surface area contributed by atoms with Gasteiger partial charge in [-0.2, -0.15) is 0 Å². The smallest absolute Gasteiger partial charge is 0.0886 e. The van der Waals surface area contributed by atoms with Gasteiger partial charge in [-0.25, -0.2) is 0 Å². The molecule has 7 aromatic rings. The summed E-state index contributed by atoms with van der Waals surface area (Å²) in [6.07, 6.45) is 19.9. The molecule has 2 aromatic heterocycles. The first-order valence-electron chi connectivity index (χ1n) is 18.3. The lowest BCUT2D eigenvalue weighted by atomic mass is 9.77. The van der Waals surface area contributed by atoms with Gasteiger partial charge in [-0.1, -0.05) is 105 Å². The predicted molar refractivity (Wildman–Crippen MR) is 215 cm³/mol. The molecule has 0 bridgehead atoms. The molecule has 0 saturated heterocycles. The van der Waals surface area contributed by atoms with Gasteiger partial charge in [-0.15, -0.1) is 0 Å². The summed E-state index contributed by atoms with van der Waals surface area (Å²) in [4.78, 5) is 9.57. The zero-order valence-electron chi connectivity index (χ0n) is 28.9. The molecule has 2 nitrogen and oxygen atoms in total. The summed E-state index contributed by atoms with van der Waals surface area (Å²) in [6, 6.07) is 34.1. The van der Waals surface area contributed by atoms with Gasteiger partial charge in [0.15, 0.2) is 0 Å². The lowest BCUT2D eigenvalue weighted by Crippen LogP contribution is -2.16. The molecule has 0 unspecified atom stereocenters. The van der Waals surface area contributed by atoms with Crippen LogP contribution in [-0.2, 0) is 11.8 Å². The second kappa shape index (κ2) is 10.6. The van der Waals surface area contributed by atoms with Gasteiger partial charge in [0, 0.05) is 23.4 Å². The molecule has 0 atom stereocenters. The summed E-state index contributed by atoms with van der Waals surface area (Å²) < 4.78 is 0. The van der Waals surface area contributed by atoms with Gasteiger partial charge >= 0.3 is 0 Å². The second-order valence-corrected chi connectivity index (χ2v) is 15.1. The summed E-state index contributed by atoms with van der Waals surface area (Å²) in [6.45, 7) is 4.84. The summed E-state index contributed by atoms with van der Waals surface area (Å²) in [5, 5.41) is 7.93. The molecule has 242 valence electrons. The van der Waals surface area contributed by atoms with Crippen LogP contribution in [0, 0.1) is 0 Å². The molecule has 51 heavy (non-hydrogen) atoms. The van der Waals surface area contributed by atoms with Crippen molar-refractivity contribution in [3.63, 3.8) is 0 Å². The van der Waals surface area contributed by atoms with Crippen molar-refractivity contribution in [1.29, 1.82) is 0 Å². The summed E-state index contributed by atoms with van der Waals surface area (Å²) >= 11 is 0. The van der Waals surface area contributed by atoms with Gasteiger partial charge in [0.2, 0.25) is 0 Å². The molecule has 0 saturated carbocycles. The summed E-state index contributed by atoms with van der Waals surface area (Å²) in [5.41, 5.74) is 18.3. The van der Waals surface area contributed by atoms with Crippen molar-refractivity contribution >= 4 is 49.5 Å². The lowest BCUT2D eigenvalue weighted by Gasteiger charge is -2.27. The number of rotatable bonds is 3. The van der Waals surface area contributed by atoms with E-state index < -0.39 is 0 Å². The molecule has 4 aliphatic carbocycles. The van der Waals surface area contributed by atoms with E-state index in [4.69, 9.17) is 4.98 Å². The van der Waals surface area contributed by atoms with E-state index in [0.717, 1.165) is 42.6 Å². The van der Waals surface area contributed by atoms with Gasteiger partial charge in [0.25, 0.3) is 0 Å². The van der Waals surface area contributed by atoms with Crippen molar-refractivity contribution in [2.45, 2.75) is 44.9 Å². The van der Waals surface area contributed by atoms with E-state index in [1.807, 2.05) is 24.4 Å². The van der Waals surface area contributed by atoms with Gasteiger partial charge in [-0.3, -0.25) is 9.97 Å². The Balaban J connectivity index is 1.26. The van der Waals surface area contributed by atoms with Crippen LogP contribution in [0.1, 0.15) is 60.9 Å². The monoisotopic (exact) mass is 652 g/mol. The first kappa shape index (κ1) is 28.9. The highest BCUT2D eigenvalue weighted by atomic mass is 14.8. The average Bonchev–Trinajstić information content (AvgIpc) is 3.41. The highest BCUT2D eigenvalue weighted by Gasteiger charge is 2.38. The van der Waals surface area contributed by atoms with E-state index in [1.165, 1.54) is 93.5 Å². The number of nitrogens with zero attached hydrogens (tertiary/aromatic N) is 2. The molecule has 0 N–H and O–H groups in total. The molecule has 11 rings (SSSR count). The Morgan fingerprint density at radius 3 is 2.31 bits per heavy atom. The van der Waals surface area contributed by atoms with Gasteiger partial charge < -0.3 is 0 Å². The maximum atomic E-state index is 4.99. The van der Waals surface area contributed by atoms with Crippen molar-refractivity contribution in [1.82, 2.24) is 9.97 Å². The van der Waals surface area contributed by atoms with E-state index in [-0.39, 0.29) is 5.41 Å². The molecule has 4 aliphatic rings. The number of hydrogen-bond donors (Lipinski definition) is 0. The maximum absolute atomic E-state index is 4.99. The van der Waals surface area contributed by atoms with E-state index >= 15 is 0 Å².